The van der Waals surface area contributed by atoms with Crippen LogP contribution in [0.15, 0.2) is 70.8 Å². The molecule has 0 aliphatic heterocycles. The first kappa shape index (κ1) is 53.7. The fourth-order valence-corrected chi connectivity index (χ4v) is 7.96. The first-order valence-electron chi connectivity index (χ1n) is 19.0. The lowest BCUT2D eigenvalue weighted by atomic mass is 10.1. The minimum atomic E-state index is -1.76. The van der Waals surface area contributed by atoms with Crippen LogP contribution < -0.4 is 65.7 Å². The van der Waals surface area contributed by atoms with E-state index < -0.39 is 38.9 Å². The number of carbonyl (C=O) groups excluding carboxylic acids is 1. The normalized spacial score (nSPS) is 12.4. The van der Waals surface area contributed by atoms with Gasteiger partial charge in [-0.05, 0) is 95.1 Å². The number of hydrogen-bond donors (Lipinski definition) is 2. The summed E-state index contributed by atoms with van der Waals surface area (Å²) in [5.74, 6) is 4.93. The van der Waals surface area contributed by atoms with Crippen molar-refractivity contribution in [3.63, 3.8) is 0 Å². The summed E-state index contributed by atoms with van der Waals surface area (Å²) in [5, 5.41) is 4.07. The molecule has 1 amide bonds. The Morgan fingerprint density at radius 1 is 0.364 bits per heavy atom. The molecule has 4 aromatic carbocycles. The molecule has 0 aromatic heterocycles. The van der Waals surface area contributed by atoms with Gasteiger partial charge in [-0.25, -0.2) is 12.6 Å². The lowest BCUT2D eigenvalue weighted by Gasteiger charge is -2.12. The summed E-state index contributed by atoms with van der Waals surface area (Å²) in [6, 6.07) is 13.6. The van der Waals surface area contributed by atoms with Crippen LogP contribution in [0.2, 0.25) is 0 Å². The lowest BCUT2D eigenvalue weighted by molar-refractivity contribution is -0.114. The lowest BCUT2D eigenvalue weighted by Crippen LogP contribution is -2.21. The molecule has 2 N–H and O–H groups in total. The van der Waals surface area contributed by atoms with Gasteiger partial charge >= 0.3 is 0 Å². The zero-order valence-corrected chi connectivity index (χ0v) is 40.9. The molecular formula is C45H54N2O16S3. The van der Waals surface area contributed by atoms with Gasteiger partial charge in [-0.1, -0.05) is 0 Å². The van der Waals surface area contributed by atoms with E-state index in [0.29, 0.717) is 91.2 Å². The van der Waals surface area contributed by atoms with Crippen molar-refractivity contribution in [3.8, 4) is 69.0 Å². The molecule has 0 spiro atoms. The van der Waals surface area contributed by atoms with Crippen LogP contribution in [-0.4, -0.2) is 104 Å². The Labute approximate surface area is 392 Å². The highest BCUT2D eigenvalue weighted by molar-refractivity contribution is 8.01. The molecule has 3 atom stereocenters. The average molecular weight is 975 g/mol. The van der Waals surface area contributed by atoms with E-state index in [2.05, 4.69) is 8.85 Å². The van der Waals surface area contributed by atoms with Crippen molar-refractivity contribution in [3.05, 3.63) is 93.1 Å². The highest BCUT2D eigenvalue weighted by atomic mass is 32.3. The van der Waals surface area contributed by atoms with Crippen LogP contribution in [0.1, 0.15) is 22.3 Å². The number of ether oxygens (including phenoxy) is 12. The van der Waals surface area contributed by atoms with Gasteiger partial charge in [0.2, 0.25) is 23.0 Å². The predicted octanol–water partition coefficient (Wildman–Crippen LogP) is 6.50. The van der Waals surface area contributed by atoms with Crippen molar-refractivity contribution in [2.45, 2.75) is 0 Å². The van der Waals surface area contributed by atoms with Gasteiger partial charge < -0.3 is 56.8 Å². The van der Waals surface area contributed by atoms with Crippen LogP contribution in [-0.2, 0) is 37.8 Å². The molecule has 0 saturated carbocycles. The number of nitrogens with one attached hydrogen (secondary N) is 2. The zero-order valence-electron chi connectivity index (χ0n) is 38.5. The highest BCUT2D eigenvalue weighted by Gasteiger charge is 2.16. The number of rotatable bonds is 23. The Hall–Kier alpha value is -6.68. The first-order valence-corrected chi connectivity index (χ1v) is 22.7. The maximum atomic E-state index is 12.3. The molecule has 0 saturated heterocycles. The van der Waals surface area contributed by atoms with Crippen molar-refractivity contribution in [2.24, 2.45) is 0 Å². The van der Waals surface area contributed by atoms with Gasteiger partial charge in [0.05, 0.1) is 85.3 Å². The summed E-state index contributed by atoms with van der Waals surface area (Å²) in [7, 11) is 12.9. The second kappa shape index (κ2) is 27.6. The molecule has 358 valence electrons. The summed E-state index contributed by atoms with van der Waals surface area (Å²) in [6.45, 7) is 0. The maximum Gasteiger partial charge on any atom is 0.255 e. The van der Waals surface area contributed by atoms with Crippen LogP contribution in [0.25, 0.3) is 24.3 Å². The molecule has 18 nitrogen and oxygen atoms in total. The molecule has 66 heavy (non-hydrogen) atoms. The van der Waals surface area contributed by atoms with Gasteiger partial charge in [0.15, 0.2) is 46.0 Å². The summed E-state index contributed by atoms with van der Waals surface area (Å²) in [4.78, 5) is 12.2. The van der Waals surface area contributed by atoms with Crippen molar-refractivity contribution in [2.75, 3.05) is 85.3 Å². The quantitative estimate of drug-likeness (QED) is 0.0762. The molecule has 0 fully saturated rings. The van der Waals surface area contributed by atoms with Gasteiger partial charge in [0.1, 0.15) is 33.0 Å². The van der Waals surface area contributed by atoms with Gasteiger partial charge in [-0.15, -0.1) is 4.13 Å². The summed E-state index contributed by atoms with van der Waals surface area (Å²) in [6.07, 6.45) is 7.55. The Morgan fingerprint density at radius 2 is 0.591 bits per heavy atom. The van der Waals surface area contributed by atoms with E-state index >= 15 is 0 Å². The Balaban J connectivity index is 0.000000350. The monoisotopic (exact) mass is 974 g/mol. The molecule has 0 radical (unpaired) electrons. The predicted molar refractivity (Wildman–Crippen MR) is 256 cm³/mol. The molecule has 0 heterocycles. The summed E-state index contributed by atoms with van der Waals surface area (Å²) < 4.78 is 105. The molecule has 0 aliphatic carbocycles. The molecule has 0 bridgehead atoms. The minimum Gasteiger partial charge on any atom is -0.493 e. The number of benzene rings is 4. The fraction of sp³-hybridized carbons (Fsp3) is 0.267. The van der Waals surface area contributed by atoms with Crippen LogP contribution in [0.5, 0.6) is 69.0 Å². The van der Waals surface area contributed by atoms with Crippen molar-refractivity contribution >= 4 is 63.2 Å². The van der Waals surface area contributed by atoms with E-state index in [1.54, 1.807) is 72.8 Å². The number of carbonyl (C=O) groups is 1. The number of methoxy groups -OCH3 is 12. The van der Waals surface area contributed by atoms with Crippen molar-refractivity contribution in [1.29, 1.82) is 0 Å². The first-order chi connectivity index (χ1) is 31.8. The standard InChI is InChI=1S/C23H27NO8S.C22H27NO8S2/c1-27-17-11-15(12-18(28-2)22(17)31-5)7-8-21(25)24-33(26)10-9-16-13-19(29-3)23(32-6)20(14-16)30-4;1-26-17-11-15(12-18(27-2)21(17)30-5)7-9-32(24)23-33(25)10-8-16-13-19(28-3)22(31-6)20(14-16)29-4/h7-14H,1-6H3,(H,24,25);7-14,23H,1-6H3/b8-7+,10-9+;9-7-,10-8+. The largest absolute Gasteiger partial charge is 0.493 e. The van der Waals surface area contributed by atoms with Crippen LogP contribution in [0.3, 0.4) is 0 Å². The SMILES string of the molecule is COc1cc(/C=C/C(=O)NS(=O)/C=C/c2cc(OC)c(OC)c(OC)c2)cc(OC)c1OC.COc1cc(/C=C\S(=O)NS(=O)/C=C/c2cc(OC)c(OC)c(OC)c2)cc(OC)c1OC. The van der Waals surface area contributed by atoms with Gasteiger partial charge in [0, 0.05) is 22.3 Å². The third-order valence-electron chi connectivity index (χ3n) is 8.69. The Kier molecular flexibility index (Phi) is 22.4. The Bertz CT molecular complexity index is 2040. The van der Waals surface area contributed by atoms with E-state index in [-0.39, 0.29) is 0 Å². The third kappa shape index (κ3) is 15.2. The van der Waals surface area contributed by atoms with E-state index in [4.69, 9.17) is 56.8 Å². The van der Waals surface area contributed by atoms with E-state index in [0.717, 1.165) is 0 Å². The molecule has 4 aromatic rings. The van der Waals surface area contributed by atoms with Gasteiger partial charge in [0.25, 0.3) is 5.91 Å². The Morgan fingerprint density at radius 3 is 0.818 bits per heavy atom. The van der Waals surface area contributed by atoms with Gasteiger partial charge in [-0.2, -0.15) is 0 Å². The van der Waals surface area contributed by atoms with Crippen LogP contribution >= 0.6 is 0 Å². The maximum absolute atomic E-state index is 12.3. The summed E-state index contributed by atoms with van der Waals surface area (Å²) in [5.41, 5.74) is 2.62. The number of hydrogen-bond acceptors (Lipinski definition) is 16. The highest BCUT2D eigenvalue weighted by Crippen LogP contribution is 2.41. The molecule has 0 aliphatic rings. The molecule has 4 rings (SSSR count). The van der Waals surface area contributed by atoms with Crippen molar-refractivity contribution < 1.29 is 74.3 Å². The third-order valence-corrected chi connectivity index (χ3v) is 11.6. The smallest absolute Gasteiger partial charge is 0.255 e. The molecule has 3 unspecified atom stereocenters. The second-order valence-electron chi connectivity index (χ2n) is 12.5. The van der Waals surface area contributed by atoms with Crippen molar-refractivity contribution in [1.82, 2.24) is 8.85 Å². The van der Waals surface area contributed by atoms with Crippen LogP contribution in [0.4, 0.5) is 0 Å². The molecular weight excluding hydrogens is 921 g/mol. The fourth-order valence-electron chi connectivity index (χ4n) is 5.69. The summed E-state index contributed by atoms with van der Waals surface area (Å²) >= 11 is 0. The van der Waals surface area contributed by atoms with E-state index in [1.807, 2.05) is 0 Å². The van der Waals surface area contributed by atoms with E-state index in [1.165, 1.54) is 108 Å². The number of amides is 1. The topological polar surface area (TPSA) is 203 Å². The minimum absolute atomic E-state index is 0.444. The van der Waals surface area contributed by atoms with Crippen LogP contribution in [0, 0.1) is 0 Å². The average Bonchev–Trinajstić information content (AvgIpc) is 3.34. The zero-order chi connectivity index (χ0) is 48.8. The van der Waals surface area contributed by atoms with E-state index in [9.17, 15) is 17.4 Å². The van der Waals surface area contributed by atoms with Gasteiger partial charge in [-0.3, -0.25) is 9.52 Å². The molecule has 21 heteroatoms. The second-order valence-corrected chi connectivity index (χ2v) is 16.0.